The van der Waals surface area contributed by atoms with Gasteiger partial charge in [0.1, 0.15) is 19.8 Å². The van der Waals surface area contributed by atoms with Gasteiger partial charge >= 0.3 is 0 Å². The monoisotopic (exact) mass is 271 g/mol. The molecule has 0 amide bonds. The van der Waals surface area contributed by atoms with E-state index < -0.39 is 5.54 Å². The van der Waals surface area contributed by atoms with Gasteiger partial charge in [0.05, 0.1) is 24.3 Å². The molecular formula is C16H17NO3. The lowest BCUT2D eigenvalue weighted by Gasteiger charge is -2.36. The molecule has 0 saturated heterocycles. The van der Waals surface area contributed by atoms with Gasteiger partial charge in [-0.15, -0.1) is 0 Å². The first kappa shape index (κ1) is 12.8. The topological polar surface area (TPSA) is 53.7 Å². The first-order valence-electron chi connectivity index (χ1n) is 6.57. The van der Waals surface area contributed by atoms with Gasteiger partial charge in [0.25, 0.3) is 0 Å². The Morgan fingerprint density at radius 2 is 1.05 bits per heavy atom. The van der Waals surface area contributed by atoms with Crippen molar-refractivity contribution in [1.29, 1.82) is 0 Å². The van der Waals surface area contributed by atoms with E-state index in [0.717, 1.165) is 16.7 Å². The molecule has 0 bridgehead atoms. The molecule has 0 saturated carbocycles. The highest BCUT2D eigenvalue weighted by Crippen LogP contribution is 2.36. The van der Waals surface area contributed by atoms with E-state index in [-0.39, 0.29) is 0 Å². The minimum Gasteiger partial charge on any atom is -0.497 e. The smallest absolute Gasteiger partial charge is 0.106 e. The summed E-state index contributed by atoms with van der Waals surface area (Å²) in [5.74, 6) is 0. The molecule has 3 rings (SSSR count). The Balaban J connectivity index is 2.06. The van der Waals surface area contributed by atoms with E-state index in [1.165, 1.54) is 0 Å². The molecule has 0 aromatic carbocycles. The van der Waals surface area contributed by atoms with Crippen LogP contribution in [0.4, 0.5) is 0 Å². The summed E-state index contributed by atoms with van der Waals surface area (Å²) >= 11 is 0. The van der Waals surface area contributed by atoms with Crippen LogP contribution in [0.2, 0.25) is 0 Å². The largest absolute Gasteiger partial charge is 0.497 e. The Kier molecular flexibility index (Phi) is 3.48. The first-order valence-corrected chi connectivity index (χ1v) is 6.57. The number of hydrogen-bond donors (Lipinski definition) is 1. The van der Waals surface area contributed by atoms with Crippen molar-refractivity contribution in [2.45, 2.75) is 5.54 Å². The molecule has 3 heterocycles. The molecule has 0 fully saturated rings. The zero-order valence-corrected chi connectivity index (χ0v) is 11.1. The zero-order chi connectivity index (χ0) is 13.8. The number of hydrogen-bond acceptors (Lipinski definition) is 4. The van der Waals surface area contributed by atoms with Crippen LogP contribution < -0.4 is 5.73 Å². The Morgan fingerprint density at radius 1 is 0.700 bits per heavy atom. The van der Waals surface area contributed by atoms with Crippen LogP contribution in [-0.4, -0.2) is 25.4 Å². The van der Waals surface area contributed by atoms with Gasteiger partial charge in [-0.1, -0.05) is 0 Å². The van der Waals surface area contributed by atoms with Crippen molar-refractivity contribution in [1.82, 2.24) is 0 Å². The molecule has 0 atom stereocenters. The molecule has 0 aromatic heterocycles. The highest BCUT2D eigenvalue weighted by atomic mass is 16.5. The summed E-state index contributed by atoms with van der Waals surface area (Å²) in [6.45, 7) is 1.60. The van der Waals surface area contributed by atoms with Crippen LogP contribution >= 0.6 is 0 Å². The standard InChI is InChI=1S/C16H17NO3/c17-16(13-1-7-18-8-2-13,14-3-9-19-10-4-14)15-5-11-20-12-6-15/h1-7,9,11H,8,10,12,17H2. The van der Waals surface area contributed by atoms with Crippen LogP contribution in [0.5, 0.6) is 0 Å². The van der Waals surface area contributed by atoms with E-state index in [1.54, 1.807) is 18.8 Å². The average Bonchev–Trinajstić information content (AvgIpc) is 2.56. The number of ether oxygens (including phenoxy) is 3. The first-order chi connectivity index (χ1) is 9.82. The van der Waals surface area contributed by atoms with E-state index in [0.29, 0.717) is 19.8 Å². The number of rotatable bonds is 3. The van der Waals surface area contributed by atoms with Gasteiger partial charge in [-0.2, -0.15) is 0 Å². The maximum atomic E-state index is 6.80. The fourth-order valence-corrected chi connectivity index (χ4v) is 2.53. The second-order valence-corrected chi connectivity index (χ2v) is 4.69. The van der Waals surface area contributed by atoms with Gasteiger partial charge in [0.15, 0.2) is 0 Å². The summed E-state index contributed by atoms with van der Waals surface area (Å²) < 4.78 is 15.7. The Labute approximate surface area is 118 Å². The van der Waals surface area contributed by atoms with E-state index in [9.17, 15) is 0 Å². The van der Waals surface area contributed by atoms with Crippen LogP contribution in [-0.2, 0) is 14.2 Å². The van der Waals surface area contributed by atoms with Crippen molar-refractivity contribution in [2.24, 2.45) is 5.73 Å². The van der Waals surface area contributed by atoms with Crippen molar-refractivity contribution in [2.75, 3.05) is 19.8 Å². The molecule has 2 N–H and O–H groups in total. The maximum Gasteiger partial charge on any atom is 0.106 e. The van der Waals surface area contributed by atoms with Crippen molar-refractivity contribution in [3.63, 3.8) is 0 Å². The van der Waals surface area contributed by atoms with Crippen molar-refractivity contribution < 1.29 is 14.2 Å². The van der Waals surface area contributed by atoms with Crippen LogP contribution in [0, 0.1) is 0 Å². The molecule has 20 heavy (non-hydrogen) atoms. The molecule has 3 aliphatic rings. The van der Waals surface area contributed by atoms with Crippen molar-refractivity contribution >= 4 is 0 Å². The van der Waals surface area contributed by atoms with Crippen LogP contribution in [0.15, 0.2) is 72.0 Å². The van der Waals surface area contributed by atoms with Crippen molar-refractivity contribution in [3.8, 4) is 0 Å². The van der Waals surface area contributed by atoms with E-state index in [1.807, 2.05) is 36.5 Å². The molecule has 0 spiro atoms. The van der Waals surface area contributed by atoms with E-state index in [2.05, 4.69) is 0 Å². The Morgan fingerprint density at radius 3 is 1.30 bits per heavy atom. The highest BCUT2D eigenvalue weighted by molar-refractivity contribution is 5.58. The fraction of sp³-hybridized carbons (Fsp3) is 0.250. The lowest BCUT2D eigenvalue weighted by Crippen LogP contribution is -2.46. The minimum absolute atomic E-state index is 0.534. The molecule has 4 nitrogen and oxygen atoms in total. The predicted octanol–water partition coefficient (Wildman–Crippen LogP) is 2.09. The summed E-state index contributed by atoms with van der Waals surface area (Å²) in [7, 11) is 0. The van der Waals surface area contributed by atoms with Crippen molar-refractivity contribution in [3.05, 3.63) is 72.0 Å². The quantitative estimate of drug-likeness (QED) is 0.854. The molecule has 0 aliphatic carbocycles. The minimum atomic E-state index is -0.708. The van der Waals surface area contributed by atoms with Gasteiger partial charge in [0.2, 0.25) is 0 Å². The second kappa shape index (κ2) is 5.43. The molecule has 4 heteroatoms. The summed E-state index contributed by atoms with van der Waals surface area (Å²) in [5.41, 5.74) is 9.13. The molecule has 0 radical (unpaired) electrons. The third-order valence-corrected chi connectivity index (χ3v) is 3.60. The van der Waals surface area contributed by atoms with Gasteiger partial charge in [-0.3, -0.25) is 0 Å². The molecular weight excluding hydrogens is 254 g/mol. The van der Waals surface area contributed by atoms with Gasteiger partial charge in [0, 0.05) is 0 Å². The molecule has 104 valence electrons. The fourth-order valence-electron chi connectivity index (χ4n) is 2.53. The number of nitrogens with two attached hydrogens (primary N) is 1. The lowest BCUT2D eigenvalue weighted by molar-refractivity contribution is 0.276. The van der Waals surface area contributed by atoms with Gasteiger partial charge < -0.3 is 19.9 Å². The highest BCUT2D eigenvalue weighted by Gasteiger charge is 2.36. The molecule has 0 aromatic rings. The predicted molar refractivity (Wildman–Crippen MR) is 76.4 cm³/mol. The lowest BCUT2D eigenvalue weighted by atomic mass is 9.75. The SMILES string of the molecule is NC(C1=CCOC=C1)(C1=CCOC=C1)C1=CCOC=C1. The van der Waals surface area contributed by atoms with E-state index in [4.69, 9.17) is 19.9 Å². The molecule has 3 aliphatic heterocycles. The van der Waals surface area contributed by atoms with Gasteiger partial charge in [-0.25, -0.2) is 0 Å². The Bertz CT molecular complexity index is 485. The van der Waals surface area contributed by atoms with Crippen LogP contribution in [0.1, 0.15) is 0 Å². The normalized spacial score (nSPS) is 21.1. The zero-order valence-electron chi connectivity index (χ0n) is 11.1. The summed E-state index contributed by atoms with van der Waals surface area (Å²) in [5, 5.41) is 0. The third kappa shape index (κ3) is 2.18. The maximum absolute atomic E-state index is 6.80. The summed E-state index contributed by atoms with van der Waals surface area (Å²) in [4.78, 5) is 0. The third-order valence-electron chi connectivity index (χ3n) is 3.60. The van der Waals surface area contributed by atoms with Gasteiger partial charge in [-0.05, 0) is 53.2 Å². The average molecular weight is 271 g/mol. The summed E-state index contributed by atoms with van der Waals surface area (Å²) in [6, 6.07) is 0. The van der Waals surface area contributed by atoms with Crippen LogP contribution in [0.3, 0.4) is 0 Å². The van der Waals surface area contributed by atoms with Crippen LogP contribution in [0.25, 0.3) is 0 Å². The van der Waals surface area contributed by atoms with E-state index >= 15 is 0 Å². The Hall–Kier alpha value is -2.20. The summed E-state index contributed by atoms with van der Waals surface area (Å²) in [6.07, 6.45) is 16.8. The second-order valence-electron chi connectivity index (χ2n) is 4.69. The molecule has 0 unspecified atom stereocenters.